The quantitative estimate of drug-likeness (QED) is 0.644. The Bertz CT molecular complexity index is 771. The summed E-state index contributed by atoms with van der Waals surface area (Å²) in [7, 11) is 1.32. The Hall–Kier alpha value is -2.82. The number of ether oxygens (including phenoxy) is 2. The van der Waals surface area contributed by atoms with Crippen LogP contribution in [0.1, 0.15) is 17.0 Å². The number of benzene rings is 2. The van der Waals surface area contributed by atoms with E-state index in [0.717, 1.165) is 0 Å². The van der Waals surface area contributed by atoms with Crippen molar-refractivity contribution >= 4 is 12.1 Å². The van der Waals surface area contributed by atoms with Crippen molar-refractivity contribution < 1.29 is 19.1 Å². The molecule has 24 heavy (non-hydrogen) atoms. The monoisotopic (exact) mass is 323 g/mol. The molecule has 1 atom stereocenters. The van der Waals surface area contributed by atoms with Crippen LogP contribution >= 0.6 is 0 Å². The molecule has 1 saturated heterocycles. The Morgan fingerprint density at radius 3 is 2.21 bits per heavy atom. The van der Waals surface area contributed by atoms with E-state index in [9.17, 15) is 9.59 Å². The van der Waals surface area contributed by atoms with Gasteiger partial charge in [0.25, 0.3) is 0 Å². The van der Waals surface area contributed by atoms with Gasteiger partial charge >= 0.3 is 12.1 Å². The third-order valence-corrected chi connectivity index (χ3v) is 4.66. The van der Waals surface area contributed by atoms with Gasteiger partial charge in [-0.3, -0.25) is 4.90 Å². The number of fused-ring (bicyclic) bond motifs is 3. The maximum Gasteiger partial charge on any atom is 0.410 e. The average molecular weight is 323 g/mol. The van der Waals surface area contributed by atoms with E-state index >= 15 is 0 Å². The fraction of sp³-hybridized carbons (Fsp3) is 0.263. The third kappa shape index (κ3) is 2.33. The molecular formula is C19H17NO4. The lowest BCUT2D eigenvalue weighted by atomic mass is 9.98. The summed E-state index contributed by atoms with van der Waals surface area (Å²) in [5, 5.41) is 0. The van der Waals surface area contributed by atoms with Gasteiger partial charge in [-0.1, -0.05) is 48.5 Å². The van der Waals surface area contributed by atoms with Gasteiger partial charge in [-0.2, -0.15) is 0 Å². The van der Waals surface area contributed by atoms with E-state index < -0.39 is 18.1 Å². The molecule has 1 aliphatic heterocycles. The van der Waals surface area contributed by atoms with Crippen LogP contribution in [0.5, 0.6) is 0 Å². The van der Waals surface area contributed by atoms with Crippen molar-refractivity contribution in [3.05, 3.63) is 59.7 Å². The average Bonchev–Trinajstić information content (AvgIpc) is 3.37. The van der Waals surface area contributed by atoms with Crippen LogP contribution in [-0.2, 0) is 14.3 Å². The molecule has 5 heteroatoms. The number of methoxy groups -OCH3 is 1. The summed E-state index contributed by atoms with van der Waals surface area (Å²) in [4.78, 5) is 24.9. The van der Waals surface area contributed by atoms with Crippen molar-refractivity contribution in [1.82, 2.24) is 4.90 Å². The maximum absolute atomic E-state index is 12.1. The molecule has 0 aromatic heterocycles. The zero-order chi connectivity index (χ0) is 16.7. The molecule has 0 radical (unpaired) electrons. The van der Waals surface area contributed by atoms with Crippen LogP contribution in [0, 0.1) is 0 Å². The van der Waals surface area contributed by atoms with Crippen LogP contribution in [-0.4, -0.2) is 43.3 Å². The maximum atomic E-state index is 12.1. The van der Waals surface area contributed by atoms with Crippen LogP contribution in [0.3, 0.4) is 0 Å². The van der Waals surface area contributed by atoms with E-state index in [1.54, 1.807) is 0 Å². The predicted molar refractivity (Wildman–Crippen MR) is 87.6 cm³/mol. The first kappa shape index (κ1) is 14.8. The molecule has 4 rings (SSSR count). The number of hydrogen-bond acceptors (Lipinski definition) is 4. The number of nitrogens with zero attached hydrogens (tertiary/aromatic N) is 1. The topological polar surface area (TPSA) is 55.6 Å². The highest BCUT2D eigenvalue weighted by molar-refractivity contribution is 5.87. The molecule has 1 aliphatic carbocycles. The van der Waals surface area contributed by atoms with E-state index in [0.29, 0.717) is 6.54 Å². The van der Waals surface area contributed by atoms with Gasteiger partial charge in [-0.25, -0.2) is 9.59 Å². The van der Waals surface area contributed by atoms with E-state index in [1.807, 2.05) is 24.3 Å². The molecule has 0 spiro atoms. The second-order valence-corrected chi connectivity index (χ2v) is 6.00. The van der Waals surface area contributed by atoms with Gasteiger partial charge < -0.3 is 9.47 Å². The van der Waals surface area contributed by atoms with Crippen LogP contribution < -0.4 is 0 Å². The molecule has 0 bridgehead atoms. The summed E-state index contributed by atoms with van der Waals surface area (Å²) < 4.78 is 10.1. The van der Waals surface area contributed by atoms with Crippen molar-refractivity contribution in [1.29, 1.82) is 0 Å². The molecule has 0 unspecified atom stereocenters. The second-order valence-electron chi connectivity index (χ2n) is 6.00. The Labute approximate surface area is 139 Å². The Balaban J connectivity index is 1.49. The van der Waals surface area contributed by atoms with Gasteiger partial charge in [0.1, 0.15) is 6.61 Å². The number of amides is 1. The zero-order valence-corrected chi connectivity index (χ0v) is 13.3. The minimum Gasteiger partial charge on any atom is -0.467 e. The van der Waals surface area contributed by atoms with Crippen LogP contribution in [0.2, 0.25) is 0 Å². The van der Waals surface area contributed by atoms with Crippen molar-refractivity contribution in [2.24, 2.45) is 0 Å². The molecule has 5 nitrogen and oxygen atoms in total. The lowest BCUT2D eigenvalue weighted by Gasteiger charge is -2.14. The summed E-state index contributed by atoms with van der Waals surface area (Å²) in [6, 6.07) is 15.9. The molecule has 1 heterocycles. The number of carbonyl (C=O) groups excluding carboxylic acids is 2. The first-order valence-corrected chi connectivity index (χ1v) is 7.90. The summed E-state index contributed by atoms with van der Waals surface area (Å²) >= 11 is 0. The van der Waals surface area contributed by atoms with Gasteiger partial charge in [0, 0.05) is 5.92 Å². The molecular weight excluding hydrogens is 306 g/mol. The standard InChI is InChI=1S/C19H17NO4/c1-23-18(21)17-10-20(17)19(22)24-11-16-14-8-4-2-6-12(14)13-7-3-5-9-15(13)16/h2-9,16-17H,10-11H2,1H3/t17-,20?/m0/s1. The highest BCUT2D eigenvalue weighted by Gasteiger charge is 2.46. The first-order chi connectivity index (χ1) is 11.7. The molecule has 1 amide bonds. The molecule has 122 valence electrons. The van der Waals surface area contributed by atoms with Gasteiger partial charge in [0.2, 0.25) is 0 Å². The second kappa shape index (κ2) is 5.67. The largest absolute Gasteiger partial charge is 0.467 e. The summed E-state index contributed by atoms with van der Waals surface area (Å²) in [5.74, 6) is -0.374. The Morgan fingerprint density at radius 2 is 1.62 bits per heavy atom. The number of esters is 1. The lowest BCUT2D eigenvalue weighted by Crippen LogP contribution is -2.22. The van der Waals surface area contributed by atoms with E-state index in [1.165, 1.54) is 34.3 Å². The van der Waals surface area contributed by atoms with Gasteiger partial charge in [0.05, 0.1) is 13.7 Å². The Kier molecular flexibility index (Phi) is 3.49. The Morgan fingerprint density at radius 1 is 1.04 bits per heavy atom. The van der Waals surface area contributed by atoms with Gasteiger partial charge in [0.15, 0.2) is 6.04 Å². The summed E-state index contributed by atoms with van der Waals surface area (Å²) in [6.45, 7) is 0.626. The van der Waals surface area contributed by atoms with Crippen molar-refractivity contribution in [3.8, 4) is 11.1 Å². The summed E-state index contributed by atoms with van der Waals surface area (Å²) in [6.07, 6.45) is -0.465. The molecule has 0 saturated carbocycles. The predicted octanol–water partition coefficient (Wildman–Crippen LogP) is 2.79. The molecule has 1 fully saturated rings. The smallest absolute Gasteiger partial charge is 0.410 e. The normalized spacial score (nSPS) is 17.9. The van der Waals surface area contributed by atoms with E-state index in [4.69, 9.17) is 4.74 Å². The molecule has 0 N–H and O–H groups in total. The molecule has 2 aromatic carbocycles. The molecule has 2 aliphatic rings. The van der Waals surface area contributed by atoms with Crippen molar-refractivity contribution in [2.45, 2.75) is 12.0 Å². The van der Waals surface area contributed by atoms with Gasteiger partial charge in [-0.15, -0.1) is 0 Å². The lowest BCUT2D eigenvalue weighted by molar-refractivity contribution is -0.140. The fourth-order valence-corrected chi connectivity index (χ4v) is 3.36. The van der Waals surface area contributed by atoms with Crippen LogP contribution in [0.4, 0.5) is 4.79 Å². The van der Waals surface area contributed by atoms with E-state index in [-0.39, 0.29) is 12.5 Å². The minimum absolute atomic E-state index is 0.0258. The minimum atomic E-state index is -0.495. The number of rotatable bonds is 3. The summed E-state index contributed by atoms with van der Waals surface area (Å²) in [5.41, 5.74) is 4.71. The van der Waals surface area contributed by atoms with Crippen LogP contribution in [0.15, 0.2) is 48.5 Å². The zero-order valence-electron chi connectivity index (χ0n) is 13.3. The van der Waals surface area contributed by atoms with Crippen LogP contribution in [0.25, 0.3) is 11.1 Å². The SMILES string of the molecule is COC(=O)[C@@H]1CN1C(=O)OCC1c2ccccc2-c2ccccc21. The number of carbonyl (C=O) groups is 2. The highest BCUT2D eigenvalue weighted by Crippen LogP contribution is 2.44. The van der Waals surface area contributed by atoms with E-state index in [2.05, 4.69) is 29.0 Å². The third-order valence-electron chi connectivity index (χ3n) is 4.66. The molecule has 2 aromatic rings. The number of hydrogen-bond donors (Lipinski definition) is 0. The van der Waals surface area contributed by atoms with Gasteiger partial charge in [-0.05, 0) is 22.3 Å². The first-order valence-electron chi connectivity index (χ1n) is 7.90. The highest BCUT2D eigenvalue weighted by atomic mass is 16.6. The van der Waals surface area contributed by atoms with Crippen molar-refractivity contribution in [2.75, 3.05) is 20.3 Å². The van der Waals surface area contributed by atoms with Crippen molar-refractivity contribution in [3.63, 3.8) is 0 Å². The fourth-order valence-electron chi connectivity index (χ4n) is 3.36.